The Morgan fingerprint density at radius 1 is 1.14 bits per heavy atom. The first-order chi connectivity index (χ1) is 11.2. The highest BCUT2D eigenvalue weighted by Crippen LogP contribution is 2.50. The maximum absolute atomic E-state index is 8.75. The minimum atomic E-state index is -0.0476. The van der Waals surface area contributed by atoms with Crippen molar-refractivity contribution in [1.29, 1.82) is 0 Å². The maximum atomic E-state index is 8.75. The summed E-state index contributed by atoms with van der Waals surface area (Å²) in [4.78, 5) is 4.35. The van der Waals surface area contributed by atoms with Crippen LogP contribution in [0.25, 0.3) is 0 Å². The topological polar surface area (TPSA) is 22.1 Å². The molecule has 4 rings (SSSR count). The van der Waals surface area contributed by atoms with Gasteiger partial charge in [-0.2, -0.15) is 0 Å². The molecule has 22 heavy (non-hydrogen) atoms. The number of hydrogen-bond acceptors (Lipinski definition) is 2. The smallest absolute Gasteiger partial charge is 0.212 e. The van der Waals surface area contributed by atoms with Gasteiger partial charge in [0.1, 0.15) is 0 Å². The van der Waals surface area contributed by atoms with Gasteiger partial charge in [-0.05, 0) is 66.5 Å². The van der Waals surface area contributed by atoms with Crippen molar-refractivity contribution in [3.8, 4) is 5.88 Å². The van der Waals surface area contributed by atoms with Gasteiger partial charge in [-0.15, -0.1) is 0 Å². The van der Waals surface area contributed by atoms with Crippen molar-refractivity contribution in [1.82, 2.24) is 4.98 Å². The Bertz CT molecular complexity index is 689. The fraction of sp³-hybridized carbons (Fsp3) is 0.450. The van der Waals surface area contributed by atoms with Crippen molar-refractivity contribution >= 4 is 0 Å². The van der Waals surface area contributed by atoms with E-state index in [4.69, 9.17) is 6.11 Å². The van der Waals surface area contributed by atoms with E-state index >= 15 is 0 Å². The van der Waals surface area contributed by atoms with Gasteiger partial charge in [-0.1, -0.05) is 30.3 Å². The summed E-state index contributed by atoms with van der Waals surface area (Å²) in [7, 11) is 1.65. The number of methoxy groups -OCH3 is 1. The highest BCUT2D eigenvalue weighted by molar-refractivity contribution is 5.35. The summed E-state index contributed by atoms with van der Waals surface area (Å²) in [6, 6.07) is 12.7. The number of nitrogens with zero attached hydrogens (tertiary/aromatic N) is 1. The first kappa shape index (κ1) is 12.7. The lowest BCUT2D eigenvalue weighted by atomic mass is 9.67. The van der Waals surface area contributed by atoms with Crippen LogP contribution >= 0.6 is 0 Å². The number of hydrogen-bond donors (Lipinski definition) is 0. The van der Waals surface area contributed by atoms with Gasteiger partial charge in [0.05, 0.1) is 7.11 Å². The molecule has 0 radical (unpaired) electrons. The molecule has 0 saturated heterocycles. The lowest BCUT2D eigenvalue weighted by molar-refractivity contribution is 0.186. The number of rotatable bonds is 2. The molecule has 1 spiro atoms. The fourth-order valence-electron chi connectivity index (χ4n) is 4.20. The minimum Gasteiger partial charge on any atom is -0.481 e. The van der Waals surface area contributed by atoms with Crippen molar-refractivity contribution in [2.24, 2.45) is 5.41 Å². The molecule has 1 aromatic carbocycles. The van der Waals surface area contributed by atoms with Crippen LogP contribution in [0.1, 0.15) is 49.7 Å². The standard InChI is InChI=1S/C20H23NO/c1-22-19-7-6-18(14-21-19)15-8-10-20(11-9-15)12-16-4-2-3-5-17(16)13-20/h2-7,14-15H,8-13H2,1H3/i12D. The van der Waals surface area contributed by atoms with E-state index in [9.17, 15) is 0 Å². The van der Waals surface area contributed by atoms with Crippen LogP contribution in [0.2, 0.25) is 0 Å². The molecule has 1 fully saturated rings. The zero-order valence-electron chi connectivity index (χ0n) is 14.1. The summed E-state index contributed by atoms with van der Waals surface area (Å²) in [5.74, 6) is 1.26. The lowest BCUT2D eigenvalue weighted by Crippen LogP contribution is -2.27. The van der Waals surface area contributed by atoms with Gasteiger partial charge in [-0.3, -0.25) is 0 Å². The number of benzene rings is 1. The Balaban J connectivity index is 1.49. The Morgan fingerprint density at radius 2 is 1.91 bits per heavy atom. The number of aromatic nitrogens is 1. The largest absolute Gasteiger partial charge is 0.481 e. The van der Waals surface area contributed by atoms with Crippen molar-refractivity contribution < 1.29 is 6.11 Å². The fourth-order valence-corrected chi connectivity index (χ4v) is 4.20. The van der Waals surface area contributed by atoms with Gasteiger partial charge in [0.15, 0.2) is 0 Å². The zero-order valence-corrected chi connectivity index (χ0v) is 13.1. The molecule has 2 aromatic rings. The molecular formula is C20H23NO. The van der Waals surface area contributed by atoms with Crippen LogP contribution in [-0.2, 0) is 12.8 Å². The van der Waals surface area contributed by atoms with E-state index in [1.807, 2.05) is 12.3 Å². The molecule has 1 heterocycles. The summed E-state index contributed by atoms with van der Waals surface area (Å²) in [6.07, 6.45) is 7.62. The predicted octanol–water partition coefficient (Wildman–Crippen LogP) is 4.53. The number of pyridine rings is 1. The highest BCUT2D eigenvalue weighted by atomic mass is 16.5. The first-order valence-corrected chi connectivity index (χ1v) is 8.22. The molecule has 1 atom stereocenters. The van der Waals surface area contributed by atoms with Crippen molar-refractivity contribution in [2.75, 3.05) is 7.11 Å². The molecule has 2 aliphatic rings. The maximum Gasteiger partial charge on any atom is 0.212 e. The summed E-state index contributed by atoms with van der Waals surface area (Å²) in [6.45, 7) is 0. The van der Waals surface area contributed by atoms with Crippen LogP contribution in [0.3, 0.4) is 0 Å². The van der Waals surface area contributed by atoms with Gasteiger partial charge >= 0.3 is 0 Å². The average molecular weight is 294 g/mol. The van der Waals surface area contributed by atoms with E-state index < -0.39 is 0 Å². The van der Waals surface area contributed by atoms with Crippen LogP contribution in [0.5, 0.6) is 5.88 Å². The molecular weight excluding hydrogens is 270 g/mol. The molecule has 0 amide bonds. The second-order valence-corrected chi connectivity index (χ2v) is 6.79. The molecule has 1 unspecified atom stereocenters. The van der Waals surface area contributed by atoms with E-state index in [2.05, 4.69) is 35.3 Å². The summed E-state index contributed by atoms with van der Waals surface area (Å²) < 4.78 is 13.9. The lowest BCUT2D eigenvalue weighted by Gasteiger charge is -2.37. The van der Waals surface area contributed by atoms with E-state index in [0.717, 1.165) is 32.1 Å². The van der Waals surface area contributed by atoms with Crippen LogP contribution in [0.4, 0.5) is 0 Å². The quantitative estimate of drug-likeness (QED) is 0.811. The second kappa shape index (κ2) is 5.42. The van der Waals surface area contributed by atoms with Crippen molar-refractivity contribution in [3.05, 3.63) is 59.3 Å². The van der Waals surface area contributed by atoms with Gasteiger partial charge in [0.2, 0.25) is 5.88 Å². The second-order valence-electron chi connectivity index (χ2n) is 6.79. The van der Waals surface area contributed by atoms with Gasteiger partial charge in [0, 0.05) is 13.6 Å². The van der Waals surface area contributed by atoms with Crippen LogP contribution in [0, 0.1) is 5.41 Å². The molecule has 1 aromatic heterocycles. The van der Waals surface area contributed by atoms with Gasteiger partial charge in [0.25, 0.3) is 0 Å². The minimum absolute atomic E-state index is 0.0476. The van der Waals surface area contributed by atoms with Crippen molar-refractivity contribution in [3.63, 3.8) is 0 Å². The Kier molecular flexibility index (Phi) is 3.13. The third kappa shape index (κ3) is 2.41. The zero-order chi connectivity index (χ0) is 15.9. The van der Waals surface area contributed by atoms with E-state index in [-0.39, 0.29) is 11.8 Å². The normalized spacial score (nSPS) is 30.9. The Morgan fingerprint density at radius 3 is 2.55 bits per heavy atom. The highest BCUT2D eigenvalue weighted by Gasteiger charge is 2.40. The third-order valence-corrected chi connectivity index (χ3v) is 5.48. The van der Waals surface area contributed by atoms with Gasteiger partial charge < -0.3 is 4.74 Å². The van der Waals surface area contributed by atoms with Crippen LogP contribution in [-0.4, -0.2) is 12.1 Å². The molecule has 2 heteroatoms. The molecule has 2 aliphatic carbocycles. The van der Waals surface area contributed by atoms with E-state index in [1.165, 1.54) is 16.7 Å². The SMILES string of the molecule is [2H]C1c2ccccc2CC12CCC(c1ccc(OC)nc1)CC2. The first-order valence-electron chi connectivity index (χ1n) is 8.79. The molecule has 0 aliphatic heterocycles. The molecule has 1 saturated carbocycles. The monoisotopic (exact) mass is 294 g/mol. The van der Waals surface area contributed by atoms with Crippen LogP contribution < -0.4 is 4.74 Å². The average Bonchev–Trinajstić information content (AvgIpc) is 2.88. The third-order valence-electron chi connectivity index (χ3n) is 5.48. The molecule has 114 valence electrons. The Hall–Kier alpha value is -1.83. The summed E-state index contributed by atoms with van der Waals surface area (Å²) in [5.41, 5.74) is 4.15. The van der Waals surface area contributed by atoms with E-state index in [0.29, 0.717) is 11.8 Å². The van der Waals surface area contributed by atoms with Crippen LogP contribution in [0.15, 0.2) is 42.6 Å². The predicted molar refractivity (Wildman–Crippen MR) is 88.3 cm³/mol. The summed E-state index contributed by atoms with van der Waals surface area (Å²) in [5, 5.41) is 0. The van der Waals surface area contributed by atoms with E-state index in [1.54, 1.807) is 7.11 Å². The number of ether oxygens (including phenoxy) is 1. The molecule has 2 nitrogen and oxygen atoms in total. The Labute approximate surface area is 133 Å². The molecule has 0 bridgehead atoms. The van der Waals surface area contributed by atoms with Crippen molar-refractivity contribution in [2.45, 2.75) is 44.4 Å². The summed E-state index contributed by atoms with van der Waals surface area (Å²) >= 11 is 0. The molecule has 0 N–H and O–H groups in total. The van der Waals surface area contributed by atoms with Gasteiger partial charge in [-0.25, -0.2) is 4.98 Å². The number of fused-ring (bicyclic) bond motifs is 1.